The number of hydrogen-bond acceptors (Lipinski definition) is 5. The predicted octanol–water partition coefficient (Wildman–Crippen LogP) is 2.59. The lowest BCUT2D eigenvalue weighted by atomic mass is 10.1. The largest absolute Gasteiger partial charge is 0.469 e. The van der Waals surface area contributed by atoms with Gasteiger partial charge in [0, 0.05) is 0 Å². The van der Waals surface area contributed by atoms with Crippen LogP contribution >= 0.6 is 0 Å². The number of benzene rings is 2. The number of halogens is 3. The Morgan fingerprint density at radius 3 is 2.21 bits per heavy atom. The van der Waals surface area contributed by atoms with Crippen molar-refractivity contribution in [1.29, 1.82) is 0 Å². The standard InChI is InChI=1S/C15H11F3O5S/c1-22-13(19)8-9-2-4-10(5-3-9)23-24(20,21)12-7-6-11(16)14(17)15(12)18/h2-7H,8H2,1H3. The van der Waals surface area contributed by atoms with Crippen LogP contribution in [0.25, 0.3) is 0 Å². The highest BCUT2D eigenvalue weighted by Gasteiger charge is 2.26. The molecule has 24 heavy (non-hydrogen) atoms. The monoisotopic (exact) mass is 360 g/mol. The minimum Gasteiger partial charge on any atom is -0.469 e. The van der Waals surface area contributed by atoms with Crippen LogP contribution in [0.15, 0.2) is 41.3 Å². The minimum atomic E-state index is -4.70. The fourth-order valence-electron chi connectivity index (χ4n) is 1.77. The molecule has 5 nitrogen and oxygen atoms in total. The van der Waals surface area contributed by atoms with Gasteiger partial charge in [-0.25, -0.2) is 13.2 Å². The minimum absolute atomic E-state index is 0.0265. The van der Waals surface area contributed by atoms with Crippen molar-refractivity contribution < 1.29 is 35.3 Å². The molecule has 0 spiro atoms. The Hall–Kier alpha value is -2.55. The number of rotatable bonds is 5. The highest BCUT2D eigenvalue weighted by Crippen LogP contribution is 2.24. The smallest absolute Gasteiger partial charge is 0.342 e. The van der Waals surface area contributed by atoms with Crippen molar-refractivity contribution in [2.24, 2.45) is 0 Å². The number of esters is 1. The maximum atomic E-state index is 13.6. The fraction of sp³-hybridized carbons (Fsp3) is 0.133. The first kappa shape index (κ1) is 17.8. The van der Waals surface area contributed by atoms with Crippen LogP contribution < -0.4 is 4.18 Å². The van der Waals surface area contributed by atoms with Crippen molar-refractivity contribution in [3.8, 4) is 5.75 Å². The Morgan fingerprint density at radius 1 is 1.00 bits per heavy atom. The van der Waals surface area contributed by atoms with E-state index >= 15 is 0 Å². The van der Waals surface area contributed by atoms with Crippen LogP contribution in [0.1, 0.15) is 5.56 Å². The molecule has 0 amide bonds. The molecule has 0 saturated heterocycles. The Labute approximate surface area is 135 Å². The van der Waals surface area contributed by atoms with E-state index in [0.29, 0.717) is 17.7 Å². The second kappa shape index (κ2) is 6.91. The van der Waals surface area contributed by atoms with Crippen molar-refractivity contribution in [1.82, 2.24) is 0 Å². The zero-order valence-corrected chi connectivity index (χ0v) is 13.1. The van der Waals surface area contributed by atoms with Crippen LogP contribution in [0, 0.1) is 17.5 Å². The maximum absolute atomic E-state index is 13.6. The van der Waals surface area contributed by atoms with E-state index in [9.17, 15) is 26.4 Å². The highest BCUT2D eigenvalue weighted by atomic mass is 32.2. The van der Waals surface area contributed by atoms with Crippen LogP contribution in [0.2, 0.25) is 0 Å². The molecule has 0 atom stereocenters. The van der Waals surface area contributed by atoms with E-state index in [0.717, 1.165) is 0 Å². The van der Waals surface area contributed by atoms with E-state index in [2.05, 4.69) is 8.92 Å². The van der Waals surface area contributed by atoms with Gasteiger partial charge < -0.3 is 8.92 Å². The molecule has 0 aromatic heterocycles. The molecule has 9 heteroatoms. The predicted molar refractivity (Wildman–Crippen MR) is 76.3 cm³/mol. The zero-order valence-electron chi connectivity index (χ0n) is 12.3. The SMILES string of the molecule is COC(=O)Cc1ccc(OS(=O)(=O)c2ccc(F)c(F)c2F)cc1. The number of carbonyl (C=O) groups excluding carboxylic acids is 1. The molecule has 2 rings (SSSR count). The summed E-state index contributed by atoms with van der Waals surface area (Å²) in [5.41, 5.74) is 0.533. The molecule has 0 N–H and O–H groups in total. The first-order valence-corrected chi connectivity index (χ1v) is 7.89. The number of methoxy groups -OCH3 is 1. The third-order valence-electron chi connectivity index (χ3n) is 2.97. The Bertz CT molecular complexity index is 863. The molecule has 0 bridgehead atoms. The van der Waals surface area contributed by atoms with Crippen molar-refractivity contribution in [2.45, 2.75) is 11.3 Å². The van der Waals surface area contributed by atoms with Gasteiger partial charge in [-0.1, -0.05) is 12.1 Å². The fourth-order valence-corrected chi connectivity index (χ4v) is 2.77. The number of hydrogen-bond donors (Lipinski definition) is 0. The van der Waals surface area contributed by atoms with Crippen molar-refractivity contribution in [3.05, 3.63) is 59.4 Å². The van der Waals surface area contributed by atoms with Gasteiger partial charge in [-0.3, -0.25) is 4.79 Å². The summed E-state index contributed by atoms with van der Waals surface area (Å²) >= 11 is 0. The Balaban J connectivity index is 2.24. The summed E-state index contributed by atoms with van der Waals surface area (Å²) in [7, 11) is -3.47. The molecule has 128 valence electrons. The van der Waals surface area contributed by atoms with Gasteiger partial charge in [-0.2, -0.15) is 8.42 Å². The summed E-state index contributed by atoms with van der Waals surface area (Å²) in [5.74, 6) is -5.96. The lowest BCUT2D eigenvalue weighted by molar-refractivity contribution is -0.139. The van der Waals surface area contributed by atoms with Crippen LogP contribution in [-0.2, 0) is 26.1 Å². The van der Waals surface area contributed by atoms with Gasteiger partial charge in [0.15, 0.2) is 17.5 Å². The molecule has 0 aliphatic carbocycles. The van der Waals surface area contributed by atoms with Gasteiger partial charge in [0.25, 0.3) is 0 Å². The van der Waals surface area contributed by atoms with Gasteiger partial charge in [-0.05, 0) is 29.8 Å². The molecular formula is C15H11F3O5S. The van der Waals surface area contributed by atoms with Gasteiger partial charge in [0.2, 0.25) is 0 Å². The third kappa shape index (κ3) is 3.85. The molecule has 2 aromatic rings. The molecule has 0 fully saturated rings. The molecule has 2 aromatic carbocycles. The summed E-state index contributed by atoms with van der Waals surface area (Å²) in [5, 5.41) is 0. The van der Waals surface area contributed by atoms with Crippen LogP contribution in [0.3, 0.4) is 0 Å². The molecule has 0 radical (unpaired) electrons. The average Bonchev–Trinajstić information content (AvgIpc) is 2.53. The maximum Gasteiger partial charge on any atom is 0.342 e. The highest BCUT2D eigenvalue weighted by molar-refractivity contribution is 7.87. The van der Waals surface area contributed by atoms with Crippen LogP contribution in [-0.4, -0.2) is 21.5 Å². The molecule has 0 unspecified atom stereocenters. The van der Waals surface area contributed by atoms with E-state index in [1.54, 1.807) is 0 Å². The summed E-state index contributed by atoms with van der Waals surface area (Å²) < 4.78 is 72.7. The molecule has 0 saturated carbocycles. The molecule has 0 heterocycles. The first-order chi connectivity index (χ1) is 11.2. The zero-order chi connectivity index (χ0) is 17.9. The average molecular weight is 360 g/mol. The van der Waals surface area contributed by atoms with E-state index in [1.807, 2.05) is 0 Å². The number of carbonyl (C=O) groups is 1. The molecule has 0 aliphatic heterocycles. The van der Waals surface area contributed by atoms with Crippen LogP contribution in [0.4, 0.5) is 13.2 Å². The van der Waals surface area contributed by atoms with Crippen molar-refractivity contribution in [3.63, 3.8) is 0 Å². The van der Waals surface area contributed by atoms with E-state index in [-0.39, 0.29) is 12.2 Å². The Kier molecular flexibility index (Phi) is 5.13. The Morgan fingerprint density at radius 2 is 1.62 bits per heavy atom. The molecular weight excluding hydrogens is 349 g/mol. The van der Waals surface area contributed by atoms with Crippen LogP contribution in [0.5, 0.6) is 5.75 Å². The number of ether oxygens (including phenoxy) is 1. The van der Waals surface area contributed by atoms with Gasteiger partial charge >= 0.3 is 16.1 Å². The van der Waals surface area contributed by atoms with Crippen molar-refractivity contribution in [2.75, 3.05) is 7.11 Å². The van der Waals surface area contributed by atoms with Crippen molar-refractivity contribution >= 4 is 16.1 Å². The van der Waals surface area contributed by atoms with Gasteiger partial charge in [-0.15, -0.1) is 0 Å². The topological polar surface area (TPSA) is 69.7 Å². The molecule has 0 aliphatic rings. The van der Waals surface area contributed by atoms with Gasteiger partial charge in [0.1, 0.15) is 10.6 Å². The second-order valence-electron chi connectivity index (χ2n) is 4.61. The summed E-state index contributed by atoms with van der Waals surface area (Å²) in [6.45, 7) is 0. The lowest BCUT2D eigenvalue weighted by Crippen LogP contribution is -2.13. The quantitative estimate of drug-likeness (QED) is 0.466. The summed E-state index contributed by atoms with van der Waals surface area (Å²) in [4.78, 5) is 9.99. The van der Waals surface area contributed by atoms with E-state index in [1.165, 1.54) is 31.4 Å². The van der Waals surface area contributed by atoms with E-state index in [4.69, 9.17) is 0 Å². The first-order valence-electron chi connectivity index (χ1n) is 6.48. The van der Waals surface area contributed by atoms with E-state index < -0.39 is 38.4 Å². The second-order valence-corrected chi connectivity index (χ2v) is 6.12. The lowest BCUT2D eigenvalue weighted by Gasteiger charge is -2.09. The summed E-state index contributed by atoms with van der Waals surface area (Å²) in [6, 6.07) is 6.32. The van der Waals surface area contributed by atoms with Gasteiger partial charge in [0.05, 0.1) is 13.5 Å². The summed E-state index contributed by atoms with van der Waals surface area (Å²) in [6.07, 6.45) is -0.0265. The third-order valence-corrected chi connectivity index (χ3v) is 4.24. The normalized spacial score (nSPS) is 11.2.